The van der Waals surface area contributed by atoms with Crippen LogP contribution in [-0.4, -0.2) is 64.4 Å². The highest BCUT2D eigenvalue weighted by Gasteiger charge is 2.21. The number of halogens is 1. The number of rotatable bonds is 7. The van der Waals surface area contributed by atoms with Crippen molar-refractivity contribution < 1.29 is 19.1 Å². The molecule has 1 aliphatic heterocycles. The molecule has 0 aliphatic carbocycles. The van der Waals surface area contributed by atoms with E-state index in [1.807, 2.05) is 30.1 Å². The van der Waals surface area contributed by atoms with Crippen molar-refractivity contribution in [2.75, 3.05) is 43.2 Å². The van der Waals surface area contributed by atoms with Crippen LogP contribution in [-0.2, 0) is 18.0 Å². The Kier molecular flexibility index (Phi) is 6.98. The van der Waals surface area contributed by atoms with Crippen LogP contribution in [0.25, 0.3) is 21.6 Å². The molecule has 1 aliphatic rings. The van der Waals surface area contributed by atoms with E-state index in [4.69, 9.17) is 19.9 Å². The van der Waals surface area contributed by atoms with Crippen LogP contribution in [0, 0.1) is 0 Å². The maximum absolute atomic E-state index is 13.0. The van der Waals surface area contributed by atoms with Gasteiger partial charge in [0.2, 0.25) is 5.95 Å². The number of amides is 1. The summed E-state index contributed by atoms with van der Waals surface area (Å²) in [5, 5.41) is 8.76. The van der Waals surface area contributed by atoms with Crippen LogP contribution >= 0.6 is 11.3 Å². The smallest absolute Gasteiger partial charge is 0.277 e. The summed E-state index contributed by atoms with van der Waals surface area (Å²) < 4.78 is 19.5. The van der Waals surface area contributed by atoms with Crippen LogP contribution < -0.4 is 15.3 Å². The van der Waals surface area contributed by atoms with Crippen molar-refractivity contribution >= 4 is 39.2 Å². The molecule has 0 spiro atoms. The predicted molar refractivity (Wildman–Crippen MR) is 134 cm³/mol. The monoisotopic (exact) mass is 509 g/mol. The molecule has 1 amide bonds. The van der Waals surface area contributed by atoms with Gasteiger partial charge in [-0.3, -0.25) is 10.0 Å². The van der Waals surface area contributed by atoms with Gasteiger partial charge in [0, 0.05) is 43.0 Å². The van der Waals surface area contributed by atoms with Crippen LogP contribution in [0.4, 0.5) is 16.2 Å². The lowest BCUT2D eigenvalue weighted by Gasteiger charge is -2.28. The minimum atomic E-state index is -0.668. The van der Waals surface area contributed by atoms with Gasteiger partial charge in [-0.25, -0.2) is 29.8 Å². The Bertz CT molecular complexity index is 1360. The lowest BCUT2D eigenvalue weighted by molar-refractivity contribution is 0.0705. The van der Waals surface area contributed by atoms with Gasteiger partial charge in [-0.2, -0.15) is 0 Å². The Labute approximate surface area is 210 Å². The fourth-order valence-corrected chi connectivity index (χ4v) is 5.07. The maximum Gasteiger partial charge on any atom is 0.277 e. The van der Waals surface area contributed by atoms with Crippen LogP contribution in [0.3, 0.4) is 0 Å². The molecule has 186 valence electrons. The molecule has 1 saturated heterocycles. The zero-order valence-electron chi connectivity index (χ0n) is 19.5. The quantitative estimate of drug-likeness (QED) is 0.286. The second-order valence-electron chi connectivity index (χ2n) is 8.30. The topological polar surface area (TPSA) is 117 Å². The number of morpholine rings is 1. The first-order valence-corrected chi connectivity index (χ1v) is 12.1. The van der Waals surface area contributed by atoms with E-state index in [2.05, 4.69) is 14.9 Å². The molecule has 0 bridgehead atoms. The van der Waals surface area contributed by atoms with Gasteiger partial charge in [0.1, 0.15) is 6.67 Å². The number of thiophene rings is 1. The average Bonchev–Trinajstić information content (AvgIpc) is 3.35. The fourth-order valence-electron chi connectivity index (χ4n) is 3.91. The van der Waals surface area contributed by atoms with E-state index >= 15 is 0 Å². The zero-order valence-corrected chi connectivity index (χ0v) is 20.3. The summed E-state index contributed by atoms with van der Waals surface area (Å²) in [6.45, 7) is 2.75. The minimum Gasteiger partial charge on any atom is -0.378 e. The first kappa shape index (κ1) is 24.0. The number of anilines is 2. The van der Waals surface area contributed by atoms with Crippen molar-refractivity contribution in [2.45, 2.75) is 13.2 Å². The Hall–Kier alpha value is -3.74. The van der Waals surface area contributed by atoms with Gasteiger partial charge < -0.3 is 14.5 Å². The molecule has 0 unspecified atom stereocenters. The molecule has 0 saturated carbocycles. The summed E-state index contributed by atoms with van der Waals surface area (Å²) in [5.74, 6) is 1.23. The second-order valence-corrected chi connectivity index (χ2v) is 9.43. The summed E-state index contributed by atoms with van der Waals surface area (Å²) in [7, 11) is 1.86. The molecule has 0 atom stereocenters. The molecule has 1 aromatic carbocycles. The van der Waals surface area contributed by atoms with Gasteiger partial charge in [-0.05, 0) is 11.6 Å². The molecule has 12 heteroatoms. The maximum atomic E-state index is 13.0. The predicted octanol–water partition coefficient (Wildman–Crippen LogP) is 3.21. The first-order valence-electron chi connectivity index (χ1n) is 11.3. The average molecular weight is 510 g/mol. The number of nitrogens with one attached hydrogen (secondary N) is 1. The Morgan fingerprint density at radius 3 is 2.58 bits per heavy atom. The molecule has 10 nitrogen and oxygen atoms in total. The number of alkyl halides is 1. The molecule has 4 heterocycles. The largest absolute Gasteiger partial charge is 0.378 e. The van der Waals surface area contributed by atoms with Crippen LogP contribution in [0.1, 0.15) is 20.8 Å². The molecular formula is C24H24FN7O3S. The molecule has 4 aromatic rings. The van der Waals surface area contributed by atoms with Crippen molar-refractivity contribution in [3.63, 3.8) is 0 Å². The Morgan fingerprint density at radius 2 is 1.92 bits per heavy atom. The summed E-state index contributed by atoms with van der Waals surface area (Å²) in [6, 6.07) is 9.23. The second kappa shape index (κ2) is 10.5. The summed E-state index contributed by atoms with van der Waals surface area (Å²) in [5.41, 5.74) is 4.00. The minimum absolute atomic E-state index is 0.161. The van der Waals surface area contributed by atoms with Gasteiger partial charge >= 0.3 is 0 Å². The fraction of sp³-hybridized carbons (Fsp3) is 0.292. The number of nitrogens with zero attached hydrogens (tertiary/aromatic N) is 6. The van der Waals surface area contributed by atoms with Crippen LogP contribution in [0.15, 0.2) is 42.7 Å². The number of hydrogen-bond acceptors (Lipinski definition) is 10. The number of fused-ring (bicyclic) bond motifs is 1. The summed E-state index contributed by atoms with van der Waals surface area (Å²) in [6.07, 6.45) is 2.72. The molecular weight excluding hydrogens is 485 g/mol. The first-order chi connectivity index (χ1) is 17.6. The SMILES string of the molecule is CN(Cc1cc2nc(-c3ccc(CF)cc3)nc(N3CCOCC3)c2s1)c1ncc(C(=O)NO)cn1. The lowest BCUT2D eigenvalue weighted by Crippen LogP contribution is -2.36. The van der Waals surface area contributed by atoms with E-state index in [0.29, 0.717) is 37.1 Å². The van der Waals surface area contributed by atoms with Crippen molar-refractivity contribution in [1.82, 2.24) is 25.4 Å². The van der Waals surface area contributed by atoms with Crippen LogP contribution in [0.5, 0.6) is 0 Å². The summed E-state index contributed by atoms with van der Waals surface area (Å²) >= 11 is 1.61. The molecule has 1 fully saturated rings. The zero-order chi connectivity index (χ0) is 25.1. The molecule has 2 N–H and O–H groups in total. The Morgan fingerprint density at radius 1 is 1.19 bits per heavy atom. The molecule has 0 radical (unpaired) electrons. The highest BCUT2D eigenvalue weighted by molar-refractivity contribution is 7.19. The van der Waals surface area contributed by atoms with Crippen LogP contribution in [0.2, 0.25) is 0 Å². The van der Waals surface area contributed by atoms with Crippen molar-refractivity contribution in [2.24, 2.45) is 0 Å². The third-order valence-corrected chi connectivity index (χ3v) is 6.92. The highest BCUT2D eigenvalue weighted by Crippen LogP contribution is 2.35. The van der Waals surface area contributed by atoms with E-state index < -0.39 is 12.6 Å². The number of hydroxylamine groups is 1. The molecule has 5 rings (SSSR count). The number of hydrogen-bond donors (Lipinski definition) is 2. The number of carbonyl (C=O) groups is 1. The standard InChI is InChI=1S/C24H24FN7O3S/c1-31(24-26-12-17(13-27-24)23(33)30-34)14-18-10-19-20(36-18)22(32-6-8-35-9-7-32)29-21(28-19)16-4-2-15(11-25)3-5-16/h2-5,10,12-13,34H,6-9,11,14H2,1H3,(H,30,33). The van der Waals surface area contributed by atoms with Gasteiger partial charge in [0.05, 0.1) is 35.5 Å². The number of carbonyl (C=O) groups excluding carboxylic acids is 1. The van der Waals surface area contributed by atoms with E-state index in [1.165, 1.54) is 12.4 Å². The van der Waals surface area contributed by atoms with Gasteiger partial charge in [-0.15, -0.1) is 11.3 Å². The van der Waals surface area contributed by atoms with Gasteiger partial charge in [-0.1, -0.05) is 24.3 Å². The normalized spacial score (nSPS) is 13.7. The van der Waals surface area contributed by atoms with Crippen molar-refractivity contribution in [3.8, 4) is 11.4 Å². The number of aromatic nitrogens is 4. The third kappa shape index (κ3) is 4.96. The van der Waals surface area contributed by atoms with Crippen molar-refractivity contribution in [3.05, 3.63) is 58.7 Å². The Balaban J connectivity index is 1.47. The van der Waals surface area contributed by atoms with Gasteiger partial charge in [0.15, 0.2) is 11.6 Å². The number of benzene rings is 1. The molecule has 36 heavy (non-hydrogen) atoms. The van der Waals surface area contributed by atoms with E-state index in [9.17, 15) is 9.18 Å². The van der Waals surface area contributed by atoms with Gasteiger partial charge in [0.25, 0.3) is 5.91 Å². The summed E-state index contributed by atoms with van der Waals surface area (Å²) in [4.78, 5) is 34.8. The highest BCUT2D eigenvalue weighted by atomic mass is 32.1. The van der Waals surface area contributed by atoms with E-state index in [-0.39, 0.29) is 5.56 Å². The van der Waals surface area contributed by atoms with Crippen molar-refractivity contribution in [1.29, 1.82) is 0 Å². The lowest BCUT2D eigenvalue weighted by atomic mass is 10.1. The number of ether oxygens (including phenoxy) is 1. The van der Waals surface area contributed by atoms with E-state index in [0.717, 1.165) is 39.6 Å². The van der Waals surface area contributed by atoms with E-state index in [1.54, 1.807) is 28.9 Å². The third-order valence-electron chi connectivity index (χ3n) is 5.82. The molecule has 3 aromatic heterocycles.